The van der Waals surface area contributed by atoms with Gasteiger partial charge in [0.05, 0.1) is 5.75 Å². The minimum Gasteiger partial charge on any atom is -0.325 e. The fourth-order valence-electron chi connectivity index (χ4n) is 1.99. The molecule has 1 heterocycles. The van der Waals surface area contributed by atoms with E-state index in [9.17, 15) is 9.59 Å². The summed E-state index contributed by atoms with van der Waals surface area (Å²) in [6.45, 7) is 3.92. The highest BCUT2D eigenvalue weighted by atomic mass is 35.5. The van der Waals surface area contributed by atoms with E-state index in [0.29, 0.717) is 15.9 Å². The molecule has 0 aliphatic rings. The monoisotopic (exact) mass is 351 g/mol. The van der Waals surface area contributed by atoms with Gasteiger partial charge in [-0.15, -0.1) is 0 Å². The summed E-state index contributed by atoms with van der Waals surface area (Å²) >= 11 is 7.13. The van der Waals surface area contributed by atoms with Crippen LogP contribution >= 0.6 is 23.4 Å². The molecule has 0 spiro atoms. The molecule has 0 atom stereocenters. The zero-order valence-corrected chi connectivity index (χ0v) is 14.6. The van der Waals surface area contributed by atoms with Crippen LogP contribution in [0.1, 0.15) is 24.6 Å². The molecule has 2 rings (SSSR count). The number of aromatic nitrogens is 2. The van der Waals surface area contributed by atoms with Crippen LogP contribution in [0, 0.1) is 6.92 Å². The van der Waals surface area contributed by atoms with Crippen LogP contribution in [0.3, 0.4) is 0 Å². The van der Waals surface area contributed by atoms with E-state index in [-0.39, 0.29) is 17.2 Å². The van der Waals surface area contributed by atoms with Gasteiger partial charge in [0.2, 0.25) is 5.91 Å². The molecule has 122 valence electrons. The van der Waals surface area contributed by atoms with Gasteiger partial charge in [0.25, 0.3) is 5.56 Å². The number of hydrogen-bond donors (Lipinski definition) is 2. The van der Waals surface area contributed by atoms with Crippen molar-refractivity contribution in [3.8, 4) is 0 Å². The number of aryl methyl sites for hydroxylation is 2. The number of carbonyl (C=O) groups excluding carboxylic acids is 1. The quantitative estimate of drug-likeness (QED) is 0.617. The third-order valence-corrected chi connectivity index (χ3v) is 4.20. The molecule has 2 aromatic rings. The molecule has 0 bridgehead atoms. The van der Waals surface area contributed by atoms with Crippen molar-refractivity contribution in [1.29, 1.82) is 0 Å². The summed E-state index contributed by atoms with van der Waals surface area (Å²) in [5.74, 6) is -0.0197. The number of hydrogen-bond acceptors (Lipinski definition) is 4. The second-order valence-electron chi connectivity index (χ2n) is 5.09. The predicted molar refractivity (Wildman–Crippen MR) is 94.4 cm³/mol. The van der Waals surface area contributed by atoms with Crippen molar-refractivity contribution in [3.05, 3.63) is 50.9 Å². The minimum absolute atomic E-state index is 0.157. The molecule has 2 N–H and O–H groups in total. The number of anilines is 1. The smallest absolute Gasteiger partial charge is 0.251 e. The van der Waals surface area contributed by atoms with Gasteiger partial charge in [-0.25, -0.2) is 4.98 Å². The first-order valence-electron chi connectivity index (χ1n) is 7.27. The van der Waals surface area contributed by atoms with E-state index in [4.69, 9.17) is 11.6 Å². The molecular formula is C16H18ClN3O2S. The zero-order chi connectivity index (χ0) is 16.8. The molecule has 0 fully saturated rings. The number of thioether (sulfide) groups is 1. The van der Waals surface area contributed by atoms with Crippen molar-refractivity contribution in [2.24, 2.45) is 0 Å². The maximum absolute atomic E-state index is 12.1. The summed E-state index contributed by atoms with van der Waals surface area (Å²) in [5.41, 5.74) is 2.16. The number of nitrogens with zero attached hydrogens (tertiary/aromatic N) is 1. The number of rotatable bonds is 6. The Bertz CT molecular complexity index is 761. The highest BCUT2D eigenvalue weighted by molar-refractivity contribution is 7.99. The summed E-state index contributed by atoms with van der Waals surface area (Å²) in [5, 5.41) is 3.84. The standard InChI is InChI=1S/C16H18ClN3O2S/c1-3-4-12-8-14(21)20-16(18-12)23-9-15(22)19-13-7-11(17)6-5-10(13)2/h5-8H,3-4,9H2,1-2H3,(H,19,22)(H,18,20,21). The first-order chi connectivity index (χ1) is 11.0. The first kappa shape index (κ1) is 17.6. The molecular weight excluding hydrogens is 334 g/mol. The fraction of sp³-hybridized carbons (Fsp3) is 0.312. The van der Waals surface area contributed by atoms with E-state index in [1.165, 1.54) is 17.8 Å². The highest BCUT2D eigenvalue weighted by Crippen LogP contribution is 2.21. The topological polar surface area (TPSA) is 74.8 Å². The van der Waals surface area contributed by atoms with E-state index >= 15 is 0 Å². The lowest BCUT2D eigenvalue weighted by Gasteiger charge is -2.08. The molecule has 0 saturated heterocycles. The Morgan fingerprint density at radius 3 is 2.91 bits per heavy atom. The Kier molecular flexibility index (Phi) is 6.24. The fourth-order valence-corrected chi connectivity index (χ4v) is 2.85. The van der Waals surface area contributed by atoms with E-state index in [1.54, 1.807) is 12.1 Å². The summed E-state index contributed by atoms with van der Waals surface area (Å²) in [6.07, 6.45) is 1.65. The first-order valence-corrected chi connectivity index (χ1v) is 8.63. The van der Waals surface area contributed by atoms with Crippen molar-refractivity contribution in [2.75, 3.05) is 11.1 Å². The number of halogens is 1. The molecule has 7 heteroatoms. The van der Waals surface area contributed by atoms with Crippen LogP contribution in [-0.4, -0.2) is 21.6 Å². The van der Waals surface area contributed by atoms with Crippen molar-refractivity contribution < 1.29 is 4.79 Å². The summed E-state index contributed by atoms with van der Waals surface area (Å²) in [7, 11) is 0. The molecule has 1 amide bonds. The Balaban J connectivity index is 1.99. The molecule has 0 unspecified atom stereocenters. The molecule has 0 aliphatic heterocycles. The van der Waals surface area contributed by atoms with Gasteiger partial charge in [-0.3, -0.25) is 9.59 Å². The van der Waals surface area contributed by atoms with Crippen LogP contribution in [0.2, 0.25) is 5.02 Å². The maximum Gasteiger partial charge on any atom is 0.251 e. The summed E-state index contributed by atoms with van der Waals surface area (Å²) in [6, 6.07) is 6.82. The van der Waals surface area contributed by atoms with E-state index in [2.05, 4.69) is 15.3 Å². The van der Waals surface area contributed by atoms with Gasteiger partial charge < -0.3 is 10.3 Å². The molecule has 0 aliphatic carbocycles. The minimum atomic E-state index is -0.197. The highest BCUT2D eigenvalue weighted by Gasteiger charge is 2.08. The average molecular weight is 352 g/mol. The van der Waals surface area contributed by atoms with Crippen LogP contribution < -0.4 is 10.9 Å². The number of benzene rings is 1. The lowest BCUT2D eigenvalue weighted by atomic mass is 10.2. The Morgan fingerprint density at radius 1 is 1.39 bits per heavy atom. The van der Waals surface area contributed by atoms with Gasteiger partial charge in [-0.1, -0.05) is 42.8 Å². The maximum atomic E-state index is 12.1. The van der Waals surface area contributed by atoms with Crippen LogP contribution in [0.15, 0.2) is 34.2 Å². The lowest BCUT2D eigenvalue weighted by Crippen LogP contribution is -2.16. The predicted octanol–water partition coefficient (Wildman–Crippen LogP) is 3.42. The van der Waals surface area contributed by atoms with Crippen molar-refractivity contribution in [1.82, 2.24) is 9.97 Å². The van der Waals surface area contributed by atoms with Gasteiger partial charge in [0.1, 0.15) is 0 Å². The Hall–Kier alpha value is -1.79. The third kappa shape index (κ3) is 5.41. The lowest BCUT2D eigenvalue weighted by molar-refractivity contribution is -0.113. The summed E-state index contributed by atoms with van der Waals surface area (Å²) < 4.78 is 0. The van der Waals surface area contributed by atoms with Crippen LogP contribution in [-0.2, 0) is 11.2 Å². The largest absolute Gasteiger partial charge is 0.325 e. The normalized spacial score (nSPS) is 10.6. The second-order valence-corrected chi connectivity index (χ2v) is 6.49. The molecule has 0 saturated carbocycles. The average Bonchev–Trinajstić information content (AvgIpc) is 2.49. The number of carbonyl (C=O) groups is 1. The number of H-pyrrole nitrogens is 1. The zero-order valence-electron chi connectivity index (χ0n) is 13.0. The second kappa shape index (κ2) is 8.17. The molecule has 5 nitrogen and oxygen atoms in total. The SMILES string of the molecule is CCCc1cc(=O)[nH]c(SCC(=O)Nc2cc(Cl)ccc2C)n1. The van der Waals surface area contributed by atoms with E-state index in [0.717, 1.165) is 24.1 Å². The van der Waals surface area contributed by atoms with Crippen LogP contribution in [0.4, 0.5) is 5.69 Å². The van der Waals surface area contributed by atoms with Gasteiger partial charge in [-0.05, 0) is 31.0 Å². The van der Waals surface area contributed by atoms with Crippen LogP contribution in [0.5, 0.6) is 0 Å². The molecule has 1 aromatic carbocycles. The van der Waals surface area contributed by atoms with Crippen molar-refractivity contribution >= 4 is 35.0 Å². The Labute approximate surface area is 143 Å². The van der Waals surface area contributed by atoms with Gasteiger partial charge in [0.15, 0.2) is 5.16 Å². The molecule has 1 aromatic heterocycles. The molecule has 0 radical (unpaired) electrons. The third-order valence-electron chi connectivity index (χ3n) is 3.09. The van der Waals surface area contributed by atoms with Gasteiger partial charge >= 0.3 is 0 Å². The van der Waals surface area contributed by atoms with Crippen molar-refractivity contribution in [2.45, 2.75) is 31.8 Å². The van der Waals surface area contributed by atoms with E-state index in [1.807, 2.05) is 19.9 Å². The van der Waals surface area contributed by atoms with Crippen molar-refractivity contribution in [3.63, 3.8) is 0 Å². The van der Waals surface area contributed by atoms with Crippen LogP contribution in [0.25, 0.3) is 0 Å². The number of aromatic amines is 1. The number of nitrogens with one attached hydrogen (secondary N) is 2. The van der Waals surface area contributed by atoms with Gasteiger partial charge in [-0.2, -0.15) is 0 Å². The number of amides is 1. The Morgan fingerprint density at radius 2 is 2.17 bits per heavy atom. The van der Waals surface area contributed by atoms with Gasteiger partial charge in [0, 0.05) is 22.5 Å². The van der Waals surface area contributed by atoms with E-state index < -0.39 is 0 Å². The molecule has 23 heavy (non-hydrogen) atoms. The summed E-state index contributed by atoms with van der Waals surface area (Å²) in [4.78, 5) is 30.6.